The van der Waals surface area contributed by atoms with Crippen LogP contribution in [0, 0.1) is 0 Å². The van der Waals surface area contributed by atoms with Crippen molar-refractivity contribution in [2.75, 3.05) is 0 Å². The van der Waals surface area contributed by atoms with Crippen molar-refractivity contribution in [2.24, 2.45) is 0 Å². The summed E-state index contributed by atoms with van der Waals surface area (Å²) in [6.07, 6.45) is -5.68. The molecule has 1 rings (SSSR count). The van der Waals surface area contributed by atoms with Crippen molar-refractivity contribution >= 4 is 0 Å². The Morgan fingerprint density at radius 3 is 1.79 bits per heavy atom. The van der Waals surface area contributed by atoms with Gasteiger partial charge in [0, 0.05) is 11.5 Å². The van der Waals surface area contributed by atoms with Crippen LogP contribution in [0.25, 0.3) is 0 Å². The SMILES string of the molecule is CC(C)n1nnc(C(C)(C)C)c1C(F)(F)C(F)(F)F. The maximum absolute atomic E-state index is 13.7. The first-order chi connectivity index (χ1) is 8.30. The van der Waals surface area contributed by atoms with Crippen molar-refractivity contribution in [2.45, 2.75) is 58.2 Å². The molecule has 0 aliphatic rings. The highest BCUT2D eigenvalue weighted by Crippen LogP contribution is 2.46. The van der Waals surface area contributed by atoms with E-state index in [1.807, 2.05) is 0 Å². The quantitative estimate of drug-likeness (QED) is 0.774. The van der Waals surface area contributed by atoms with Crippen LogP contribution >= 0.6 is 0 Å². The topological polar surface area (TPSA) is 30.7 Å². The van der Waals surface area contributed by atoms with E-state index >= 15 is 0 Å². The zero-order valence-electron chi connectivity index (χ0n) is 11.3. The first-order valence-corrected chi connectivity index (χ1v) is 5.71. The molecule has 0 N–H and O–H groups in total. The fourth-order valence-corrected chi connectivity index (χ4v) is 1.59. The minimum Gasteiger partial charge on any atom is -0.240 e. The molecule has 0 aliphatic heterocycles. The third-order valence-corrected chi connectivity index (χ3v) is 2.55. The van der Waals surface area contributed by atoms with Crippen molar-refractivity contribution in [1.82, 2.24) is 15.0 Å². The molecule has 0 fully saturated rings. The zero-order valence-corrected chi connectivity index (χ0v) is 11.3. The maximum Gasteiger partial charge on any atom is 0.459 e. The maximum atomic E-state index is 13.7. The molecule has 0 radical (unpaired) electrons. The van der Waals surface area contributed by atoms with Crippen molar-refractivity contribution in [1.29, 1.82) is 0 Å². The Bertz CT molecular complexity index is 454. The van der Waals surface area contributed by atoms with Crippen molar-refractivity contribution in [3.63, 3.8) is 0 Å². The van der Waals surface area contributed by atoms with Crippen LogP contribution < -0.4 is 0 Å². The summed E-state index contributed by atoms with van der Waals surface area (Å²) in [5.74, 6) is -4.98. The third kappa shape index (κ3) is 2.71. The van der Waals surface area contributed by atoms with Gasteiger partial charge in [0.25, 0.3) is 0 Å². The molecule has 1 heterocycles. The standard InChI is InChI=1S/C11H16F5N3/c1-6(2)19-8(10(12,13)11(14,15)16)7(17-18-19)9(3,4)5/h6H,1-5H3. The first-order valence-electron chi connectivity index (χ1n) is 5.71. The Labute approximate surface area is 107 Å². The van der Waals surface area contributed by atoms with Gasteiger partial charge in [-0.2, -0.15) is 22.0 Å². The minimum atomic E-state index is -5.68. The third-order valence-electron chi connectivity index (χ3n) is 2.55. The van der Waals surface area contributed by atoms with Crippen LogP contribution in [-0.4, -0.2) is 21.2 Å². The lowest BCUT2D eigenvalue weighted by Gasteiger charge is -2.25. The smallest absolute Gasteiger partial charge is 0.240 e. The van der Waals surface area contributed by atoms with Gasteiger partial charge < -0.3 is 0 Å². The average molecular weight is 285 g/mol. The number of hydrogen-bond donors (Lipinski definition) is 0. The summed E-state index contributed by atoms with van der Waals surface area (Å²) in [4.78, 5) is 0. The van der Waals surface area contributed by atoms with Gasteiger partial charge >= 0.3 is 12.1 Å². The molecule has 8 heteroatoms. The highest BCUT2D eigenvalue weighted by atomic mass is 19.4. The number of rotatable bonds is 2. The molecule has 0 unspecified atom stereocenters. The van der Waals surface area contributed by atoms with E-state index in [9.17, 15) is 22.0 Å². The van der Waals surface area contributed by atoms with Crippen molar-refractivity contribution in [3.05, 3.63) is 11.4 Å². The van der Waals surface area contributed by atoms with E-state index in [-0.39, 0.29) is 5.69 Å². The molecule has 1 aromatic heterocycles. The van der Waals surface area contributed by atoms with E-state index < -0.39 is 29.2 Å². The molecular formula is C11H16F5N3. The van der Waals surface area contributed by atoms with Crippen LogP contribution in [0.5, 0.6) is 0 Å². The zero-order chi connectivity index (χ0) is 15.2. The second kappa shape index (κ2) is 4.42. The molecule has 1 aromatic rings. The number of aromatic nitrogens is 3. The fourth-order valence-electron chi connectivity index (χ4n) is 1.59. The monoisotopic (exact) mass is 285 g/mol. The summed E-state index contributed by atoms with van der Waals surface area (Å²) in [5.41, 5.74) is -2.48. The molecular weight excluding hydrogens is 269 g/mol. The van der Waals surface area contributed by atoms with Gasteiger partial charge in [-0.15, -0.1) is 5.10 Å². The first kappa shape index (κ1) is 15.8. The number of hydrogen-bond acceptors (Lipinski definition) is 2. The Morgan fingerprint density at radius 2 is 1.47 bits per heavy atom. The van der Waals surface area contributed by atoms with Gasteiger partial charge in [-0.25, -0.2) is 4.68 Å². The average Bonchev–Trinajstić information content (AvgIpc) is 2.58. The molecule has 0 atom stereocenters. The molecule has 0 saturated carbocycles. The van der Waals surface area contributed by atoms with Crippen LogP contribution in [0.15, 0.2) is 0 Å². The Balaban J connectivity index is 3.60. The Kier molecular flexibility index (Phi) is 3.68. The summed E-state index contributed by atoms with van der Waals surface area (Å²) >= 11 is 0. The molecule has 0 spiro atoms. The predicted molar refractivity (Wildman–Crippen MR) is 59.1 cm³/mol. The Morgan fingerprint density at radius 1 is 1.00 bits per heavy atom. The van der Waals surface area contributed by atoms with Crippen LogP contribution in [-0.2, 0) is 11.3 Å². The minimum absolute atomic E-state index is 0.344. The van der Waals surface area contributed by atoms with Crippen molar-refractivity contribution in [3.8, 4) is 0 Å². The number of alkyl halides is 5. The van der Waals surface area contributed by atoms with Gasteiger partial charge in [0.05, 0.1) is 5.69 Å². The highest BCUT2D eigenvalue weighted by Gasteiger charge is 2.62. The second-order valence-corrected chi connectivity index (χ2v) is 5.65. The Hall–Kier alpha value is -1.21. The lowest BCUT2D eigenvalue weighted by Crippen LogP contribution is -2.38. The summed E-state index contributed by atoms with van der Waals surface area (Å²) < 4.78 is 65.8. The predicted octanol–water partition coefficient (Wildman–Crippen LogP) is 3.81. The number of nitrogens with zero attached hydrogens (tertiary/aromatic N) is 3. The van der Waals surface area contributed by atoms with Gasteiger partial charge in [-0.05, 0) is 13.8 Å². The van der Waals surface area contributed by atoms with E-state index in [4.69, 9.17) is 0 Å². The van der Waals surface area contributed by atoms with E-state index in [2.05, 4.69) is 10.3 Å². The highest BCUT2D eigenvalue weighted by molar-refractivity contribution is 5.25. The molecule has 0 saturated heterocycles. The molecule has 0 bridgehead atoms. The van der Waals surface area contributed by atoms with Gasteiger partial charge in [0.2, 0.25) is 0 Å². The summed E-state index contributed by atoms with van der Waals surface area (Å²) in [6, 6.07) is -0.646. The van der Waals surface area contributed by atoms with Crippen LogP contribution in [0.2, 0.25) is 0 Å². The summed E-state index contributed by atoms with van der Waals surface area (Å²) in [7, 11) is 0. The number of halogens is 5. The van der Waals surface area contributed by atoms with Gasteiger partial charge in [0.1, 0.15) is 5.69 Å². The molecule has 0 aliphatic carbocycles. The molecule has 19 heavy (non-hydrogen) atoms. The van der Waals surface area contributed by atoms with Crippen molar-refractivity contribution < 1.29 is 22.0 Å². The summed E-state index contributed by atoms with van der Waals surface area (Å²) in [5, 5.41) is 6.97. The van der Waals surface area contributed by atoms with E-state index in [1.54, 1.807) is 0 Å². The lowest BCUT2D eigenvalue weighted by molar-refractivity contribution is -0.292. The van der Waals surface area contributed by atoms with E-state index in [1.165, 1.54) is 34.6 Å². The van der Waals surface area contributed by atoms with Crippen LogP contribution in [0.1, 0.15) is 52.0 Å². The molecule has 0 amide bonds. The summed E-state index contributed by atoms with van der Waals surface area (Å²) in [6.45, 7) is 7.47. The van der Waals surface area contributed by atoms with Gasteiger partial charge in [0.15, 0.2) is 0 Å². The van der Waals surface area contributed by atoms with E-state index in [0.29, 0.717) is 4.68 Å². The lowest BCUT2D eigenvalue weighted by atomic mass is 9.89. The normalized spacial score (nSPS) is 14.3. The fraction of sp³-hybridized carbons (Fsp3) is 0.818. The molecule has 110 valence electrons. The van der Waals surface area contributed by atoms with Gasteiger partial charge in [-0.3, -0.25) is 0 Å². The molecule has 3 nitrogen and oxygen atoms in total. The van der Waals surface area contributed by atoms with Crippen LogP contribution in [0.3, 0.4) is 0 Å². The largest absolute Gasteiger partial charge is 0.459 e. The van der Waals surface area contributed by atoms with E-state index in [0.717, 1.165) is 0 Å². The van der Waals surface area contributed by atoms with Gasteiger partial charge in [-0.1, -0.05) is 26.0 Å². The van der Waals surface area contributed by atoms with Crippen LogP contribution in [0.4, 0.5) is 22.0 Å². The second-order valence-electron chi connectivity index (χ2n) is 5.65. The molecule has 0 aromatic carbocycles.